The van der Waals surface area contributed by atoms with Crippen LogP contribution in [0.3, 0.4) is 0 Å². The summed E-state index contributed by atoms with van der Waals surface area (Å²) in [6.07, 6.45) is 0.576. The number of esters is 1. The first-order valence-corrected chi connectivity index (χ1v) is 8.53. The molecular formula is C10H22O2Si. The lowest BCUT2D eigenvalue weighted by Crippen LogP contribution is -2.26. The molecule has 0 spiro atoms. The van der Waals surface area contributed by atoms with E-state index in [2.05, 4.69) is 19.6 Å². The summed E-state index contributed by atoms with van der Waals surface area (Å²) in [6, 6.07) is 1.02. The van der Waals surface area contributed by atoms with Crippen LogP contribution < -0.4 is 0 Å². The van der Waals surface area contributed by atoms with Crippen LogP contribution in [-0.2, 0) is 9.53 Å². The molecule has 0 unspecified atom stereocenters. The van der Waals surface area contributed by atoms with E-state index in [0.717, 1.165) is 6.04 Å². The molecule has 78 valence electrons. The summed E-state index contributed by atoms with van der Waals surface area (Å²) in [7, 11) is -1.10. The van der Waals surface area contributed by atoms with Crippen LogP contribution in [0.25, 0.3) is 0 Å². The highest BCUT2D eigenvalue weighted by Crippen LogP contribution is 2.14. The lowest BCUT2D eigenvalue weighted by molar-refractivity contribution is -0.154. The van der Waals surface area contributed by atoms with E-state index in [-0.39, 0.29) is 11.6 Å². The predicted molar refractivity (Wildman–Crippen MR) is 58.6 cm³/mol. The van der Waals surface area contributed by atoms with Gasteiger partial charge >= 0.3 is 5.97 Å². The summed E-state index contributed by atoms with van der Waals surface area (Å²) >= 11 is 0. The molecule has 0 rings (SSSR count). The van der Waals surface area contributed by atoms with Gasteiger partial charge in [-0.15, -0.1) is 0 Å². The highest BCUT2D eigenvalue weighted by molar-refractivity contribution is 6.76. The van der Waals surface area contributed by atoms with Crippen LogP contribution in [0.15, 0.2) is 0 Å². The fourth-order valence-electron chi connectivity index (χ4n) is 0.870. The second kappa shape index (κ2) is 4.27. The average Bonchev–Trinajstić information content (AvgIpc) is 1.78. The van der Waals surface area contributed by atoms with Crippen molar-refractivity contribution in [2.45, 2.75) is 58.5 Å². The summed E-state index contributed by atoms with van der Waals surface area (Å²) in [5.41, 5.74) is -0.337. The van der Waals surface area contributed by atoms with Crippen molar-refractivity contribution in [2.24, 2.45) is 0 Å². The molecule has 2 nitrogen and oxygen atoms in total. The van der Waals surface area contributed by atoms with Crippen LogP contribution in [-0.4, -0.2) is 19.6 Å². The molecule has 0 heterocycles. The fourth-order valence-corrected chi connectivity index (χ4v) is 1.82. The first-order valence-electron chi connectivity index (χ1n) is 4.82. The molecule has 0 aromatic rings. The Morgan fingerprint density at radius 2 is 1.69 bits per heavy atom. The molecule has 0 aromatic carbocycles. The molecule has 13 heavy (non-hydrogen) atoms. The van der Waals surface area contributed by atoms with E-state index in [9.17, 15) is 4.79 Å². The number of ether oxygens (including phenoxy) is 1. The van der Waals surface area contributed by atoms with Crippen molar-refractivity contribution in [3.8, 4) is 0 Å². The number of hydrogen-bond donors (Lipinski definition) is 0. The zero-order valence-corrected chi connectivity index (χ0v) is 10.7. The summed E-state index contributed by atoms with van der Waals surface area (Å²) < 4.78 is 5.22. The van der Waals surface area contributed by atoms with Gasteiger partial charge in [0, 0.05) is 14.5 Å². The average molecular weight is 202 g/mol. The predicted octanol–water partition coefficient (Wildman–Crippen LogP) is 3.06. The molecule has 0 aromatic heterocycles. The Balaban J connectivity index is 3.78. The molecule has 0 aliphatic rings. The van der Waals surface area contributed by atoms with Gasteiger partial charge in [0.1, 0.15) is 5.60 Å². The molecule has 0 aliphatic heterocycles. The smallest absolute Gasteiger partial charge is 0.306 e. The Morgan fingerprint density at radius 3 is 2.00 bits per heavy atom. The first kappa shape index (κ1) is 12.7. The van der Waals surface area contributed by atoms with Crippen LogP contribution >= 0.6 is 0 Å². The van der Waals surface area contributed by atoms with E-state index in [1.165, 1.54) is 0 Å². The third-order valence-electron chi connectivity index (χ3n) is 1.50. The molecule has 0 fully saturated rings. The lowest BCUT2D eigenvalue weighted by atomic mass is 10.2. The second-order valence-electron chi connectivity index (χ2n) is 5.65. The summed E-state index contributed by atoms with van der Waals surface area (Å²) in [5.74, 6) is -0.0603. The van der Waals surface area contributed by atoms with Crippen LogP contribution in [0.1, 0.15) is 27.2 Å². The van der Waals surface area contributed by atoms with Crippen LogP contribution in [0.2, 0.25) is 25.7 Å². The topological polar surface area (TPSA) is 26.3 Å². The Hall–Kier alpha value is -0.313. The Bertz CT molecular complexity index is 174. The van der Waals surface area contributed by atoms with Gasteiger partial charge in [-0.3, -0.25) is 4.79 Å². The van der Waals surface area contributed by atoms with Crippen LogP contribution in [0.5, 0.6) is 0 Å². The molecule has 0 bridgehead atoms. The number of hydrogen-bond acceptors (Lipinski definition) is 2. The quantitative estimate of drug-likeness (QED) is 0.519. The minimum atomic E-state index is -1.10. The fraction of sp³-hybridized carbons (Fsp3) is 0.900. The van der Waals surface area contributed by atoms with Gasteiger partial charge in [0.2, 0.25) is 0 Å². The Morgan fingerprint density at radius 1 is 1.23 bits per heavy atom. The van der Waals surface area contributed by atoms with Gasteiger partial charge in [-0.25, -0.2) is 0 Å². The molecule has 0 N–H and O–H groups in total. The third kappa shape index (κ3) is 9.60. The molecular weight excluding hydrogens is 180 g/mol. The van der Waals surface area contributed by atoms with Crippen molar-refractivity contribution in [1.82, 2.24) is 0 Å². The zero-order valence-electron chi connectivity index (χ0n) is 9.73. The Labute approximate surface area is 82.7 Å². The molecule has 0 aliphatic carbocycles. The number of rotatable bonds is 3. The molecule has 0 amide bonds. The van der Waals surface area contributed by atoms with Crippen molar-refractivity contribution >= 4 is 14.0 Å². The molecule has 0 saturated heterocycles. The second-order valence-corrected chi connectivity index (χ2v) is 11.3. The van der Waals surface area contributed by atoms with Gasteiger partial charge in [-0.2, -0.15) is 0 Å². The molecule has 0 saturated carbocycles. The van der Waals surface area contributed by atoms with E-state index < -0.39 is 8.07 Å². The minimum Gasteiger partial charge on any atom is -0.460 e. The van der Waals surface area contributed by atoms with E-state index in [0.29, 0.717) is 6.42 Å². The highest BCUT2D eigenvalue weighted by atomic mass is 28.3. The van der Waals surface area contributed by atoms with E-state index in [1.807, 2.05) is 20.8 Å². The SMILES string of the molecule is CC(C)(C)OC(=O)CC[Si](C)(C)C. The van der Waals surface area contributed by atoms with E-state index in [1.54, 1.807) is 0 Å². The number of carbonyl (C=O) groups is 1. The zero-order chi connectivity index (χ0) is 10.7. The van der Waals surface area contributed by atoms with Gasteiger partial charge < -0.3 is 4.74 Å². The van der Waals surface area contributed by atoms with Gasteiger partial charge in [-0.1, -0.05) is 19.6 Å². The molecule has 3 heteroatoms. The maximum Gasteiger partial charge on any atom is 0.306 e. The Kier molecular flexibility index (Phi) is 4.16. The van der Waals surface area contributed by atoms with Gasteiger partial charge in [0.15, 0.2) is 0 Å². The van der Waals surface area contributed by atoms with Crippen LogP contribution in [0.4, 0.5) is 0 Å². The monoisotopic (exact) mass is 202 g/mol. The van der Waals surface area contributed by atoms with Crippen molar-refractivity contribution in [3.05, 3.63) is 0 Å². The third-order valence-corrected chi connectivity index (χ3v) is 3.25. The summed E-state index contributed by atoms with van der Waals surface area (Å²) in [4.78, 5) is 11.3. The normalized spacial score (nSPS) is 12.8. The number of carbonyl (C=O) groups excluding carboxylic acids is 1. The minimum absolute atomic E-state index is 0.0603. The van der Waals surface area contributed by atoms with Crippen molar-refractivity contribution in [2.75, 3.05) is 0 Å². The standard InChI is InChI=1S/C10H22O2Si/c1-10(2,3)12-9(11)7-8-13(4,5)6/h7-8H2,1-6H3. The maximum absolute atomic E-state index is 11.3. The molecule has 0 atom stereocenters. The van der Waals surface area contributed by atoms with Gasteiger partial charge in [0.25, 0.3) is 0 Å². The summed E-state index contributed by atoms with van der Waals surface area (Å²) in [5, 5.41) is 0. The van der Waals surface area contributed by atoms with E-state index in [4.69, 9.17) is 4.74 Å². The van der Waals surface area contributed by atoms with Crippen LogP contribution in [0, 0.1) is 0 Å². The first-order chi connectivity index (χ1) is 5.60. The van der Waals surface area contributed by atoms with Crippen molar-refractivity contribution in [3.63, 3.8) is 0 Å². The largest absolute Gasteiger partial charge is 0.460 e. The van der Waals surface area contributed by atoms with Crippen molar-refractivity contribution < 1.29 is 9.53 Å². The molecule has 0 radical (unpaired) electrons. The van der Waals surface area contributed by atoms with E-state index >= 15 is 0 Å². The van der Waals surface area contributed by atoms with Crippen molar-refractivity contribution in [1.29, 1.82) is 0 Å². The van der Waals surface area contributed by atoms with Gasteiger partial charge in [0.05, 0.1) is 0 Å². The maximum atomic E-state index is 11.3. The van der Waals surface area contributed by atoms with Gasteiger partial charge in [-0.05, 0) is 26.8 Å². The lowest BCUT2D eigenvalue weighted by Gasteiger charge is -2.21. The highest BCUT2D eigenvalue weighted by Gasteiger charge is 2.19. The summed E-state index contributed by atoms with van der Waals surface area (Å²) in [6.45, 7) is 12.5.